The second-order valence-electron chi connectivity index (χ2n) is 5.49. The van der Waals surface area contributed by atoms with Crippen LogP contribution in [0.25, 0.3) is 0 Å². The van der Waals surface area contributed by atoms with E-state index < -0.39 is 0 Å². The van der Waals surface area contributed by atoms with Crippen LogP contribution >= 0.6 is 12.2 Å². The van der Waals surface area contributed by atoms with Crippen LogP contribution in [0.2, 0.25) is 0 Å². The highest BCUT2D eigenvalue weighted by Gasteiger charge is 2.41. The van der Waals surface area contributed by atoms with Gasteiger partial charge in [0.1, 0.15) is 0 Å². The summed E-state index contributed by atoms with van der Waals surface area (Å²) in [6.07, 6.45) is 0.998. The molecule has 2 rings (SSSR count). The maximum absolute atomic E-state index is 12.2. The van der Waals surface area contributed by atoms with Crippen LogP contribution in [-0.4, -0.2) is 16.9 Å². The Labute approximate surface area is 119 Å². The van der Waals surface area contributed by atoms with Gasteiger partial charge in [0, 0.05) is 12.0 Å². The summed E-state index contributed by atoms with van der Waals surface area (Å²) in [5.41, 5.74) is 6.93. The van der Waals surface area contributed by atoms with Crippen molar-refractivity contribution in [3.05, 3.63) is 35.9 Å². The molecule has 1 amide bonds. The van der Waals surface area contributed by atoms with E-state index in [2.05, 4.69) is 17.4 Å². The van der Waals surface area contributed by atoms with Crippen LogP contribution in [0, 0.1) is 11.8 Å². The largest absolute Gasteiger partial charge is 0.393 e. The molecule has 0 radical (unpaired) electrons. The molecular weight excluding hydrogens is 256 g/mol. The summed E-state index contributed by atoms with van der Waals surface area (Å²) in [5, 5.41) is 3.06. The second-order valence-corrected chi connectivity index (χ2v) is 5.96. The Hall–Kier alpha value is -1.42. The Balaban J connectivity index is 1.93. The van der Waals surface area contributed by atoms with E-state index in [-0.39, 0.29) is 28.8 Å². The van der Waals surface area contributed by atoms with E-state index in [9.17, 15) is 4.79 Å². The molecule has 0 heterocycles. The fraction of sp³-hybridized carbons (Fsp3) is 0.467. The fourth-order valence-electron chi connectivity index (χ4n) is 2.46. The van der Waals surface area contributed by atoms with Gasteiger partial charge in [0.25, 0.3) is 0 Å². The summed E-state index contributed by atoms with van der Waals surface area (Å²) in [6, 6.07) is 10.5. The summed E-state index contributed by atoms with van der Waals surface area (Å²) < 4.78 is 0. The fourth-order valence-corrected chi connectivity index (χ4v) is 2.84. The first kappa shape index (κ1) is 14.0. The Morgan fingerprint density at radius 1 is 1.37 bits per heavy atom. The van der Waals surface area contributed by atoms with E-state index in [1.807, 2.05) is 32.0 Å². The molecule has 3 N–H and O–H groups in total. The molecule has 102 valence electrons. The van der Waals surface area contributed by atoms with Crippen molar-refractivity contribution < 1.29 is 4.79 Å². The van der Waals surface area contributed by atoms with Crippen molar-refractivity contribution in [3.8, 4) is 0 Å². The zero-order chi connectivity index (χ0) is 14.0. The van der Waals surface area contributed by atoms with Crippen LogP contribution in [0.5, 0.6) is 0 Å². The molecule has 1 saturated carbocycles. The Bertz CT molecular complexity index is 472. The number of thiocarbonyl (C=S) groups is 1. The van der Waals surface area contributed by atoms with Gasteiger partial charge in [0.05, 0.1) is 10.9 Å². The van der Waals surface area contributed by atoms with Crippen LogP contribution in [0.3, 0.4) is 0 Å². The monoisotopic (exact) mass is 276 g/mol. The van der Waals surface area contributed by atoms with E-state index in [1.165, 1.54) is 5.56 Å². The van der Waals surface area contributed by atoms with Gasteiger partial charge >= 0.3 is 0 Å². The molecule has 4 heteroatoms. The quantitative estimate of drug-likeness (QED) is 0.811. The van der Waals surface area contributed by atoms with E-state index >= 15 is 0 Å². The standard InChI is InChI=1S/C15H20N2OS/c1-9(2)13(14(16)19)15(18)17-12-8-11(12)10-6-4-3-5-7-10/h3-7,9,11-13H,8H2,1-2H3,(H2,16,19)(H,17,18). The number of hydrogen-bond acceptors (Lipinski definition) is 2. The van der Waals surface area contributed by atoms with E-state index in [0.29, 0.717) is 5.92 Å². The molecule has 0 aliphatic heterocycles. The highest BCUT2D eigenvalue weighted by atomic mass is 32.1. The van der Waals surface area contributed by atoms with Gasteiger partial charge in [-0.15, -0.1) is 0 Å². The molecule has 1 aliphatic carbocycles. The molecule has 1 fully saturated rings. The molecule has 0 aromatic heterocycles. The minimum Gasteiger partial charge on any atom is -0.393 e. The number of nitrogens with two attached hydrogens (primary N) is 1. The van der Waals surface area contributed by atoms with Gasteiger partial charge in [-0.25, -0.2) is 0 Å². The second kappa shape index (κ2) is 5.70. The van der Waals surface area contributed by atoms with Gasteiger partial charge in [-0.3, -0.25) is 4.79 Å². The SMILES string of the molecule is CC(C)C(C(=O)NC1CC1c1ccccc1)C(N)=S. The first-order valence-corrected chi connectivity index (χ1v) is 7.06. The van der Waals surface area contributed by atoms with Crippen molar-refractivity contribution in [1.82, 2.24) is 5.32 Å². The number of carbonyl (C=O) groups is 1. The Morgan fingerprint density at radius 2 is 2.00 bits per heavy atom. The molecule has 3 nitrogen and oxygen atoms in total. The average molecular weight is 276 g/mol. The van der Waals surface area contributed by atoms with Gasteiger partial charge in [-0.2, -0.15) is 0 Å². The van der Waals surface area contributed by atoms with Gasteiger partial charge in [-0.1, -0.05) is 56.4 Å². The molecule has 1 aliphatic rings. The van der Waals surface area contributed by atoms with Gasteiger partial charge in [0.2, 0.25) is 5.91 Å². The highest BCUT2D eigenvalue weighted by Crippen LogP contribution is 2.40. The zero-order valence-corrected chi connectivity index (χ0v) is 12.1. The van der Waals surface area contributed by atoms with E-state index in [1.54, 1.807) is 0 Å². The lowest BCUT2D eigenvalue weighted by Crippen LogP contribution is -2.41. The molecule has 0 bridgehead atoms. The normalized spacial score (nSPS) is 22.9. The third kappa shape index (κ3) is 3.32. The number of rotatable bonds is 5. The van der Waals surface area contributed by atoms with Crippen molar-refractivity contribution in [2.45, 2.75) is 32.2 Å². The van der Waals surface area contributed by atoms with Crippen molar-refractivity contribution >= 4 is 23.1 Å². The molecule has 0 saturated heterocycles. The molecule has 1 aromatic carbocycles. The smallest absolute Gasteiger partial charge is 0.230 e. The van der Waals surface area contributed by atoms with Crippen molar-refractivity contribution in [2.24, 2.45) is 17.6 Å². The summed E-state index contributed by atoms with van der Waals surface area (Å²) in [7, 11) is 0. The third-order valence-corrected chi connectivity index (χ3v) is 3.86. The van der Waals surface area contributed by atoms with Crippen LogP contribution in [-0.2, 0) is 4.79 Å². The number of nitrogens with one attached hydrogen (secondary N) is 1. The minimum atomic E-state index is -0.368. The van der Waals surface area contributed by atoms with Gasteiger partial charge < -0.3 is 11.1 Å². The molecule has 3 unspecified atom stereocenters. The van der Waals surface area contributed by atoms with Gasteiger partial charge in [0.15, 0.2) is 0 Å². The van der Waals surface area contributed by atoms with E-state index in [0.717, 1.165) is 6.42 Å². The van der Waals surface area contributed by atoms with Crippen molar-refractivity contribution in [1.29, 1.82) is 0 Å². The molecule has 3 atom stereocenters. The topological polar surface area (TPSA) is 55.1 Å². The van der Waals surface area contributed by atoms with Crippen molar-refractivity contribution in [3.63, 3.8) is 0 Å². The van der Waals surface area contributed by atoms with Crippen LogP contribution in [0.1, 0.15) is 31.7 Å². The molecule has 19 heavy (non-hydrogen) atoms. The van der Waals surface area contributed by atoms with Crippen LogP contribution < -0.4 is 11.1 Å². The Morgan fingerprint density at radius 3 is 2.53 bits per heavy atom. The third-order valence-electron chi connectivity index (χ3n) is 3.60. The highest BCUT2D eigenvalue weighted by molar-refractivity contribution is 7.80. The Kier molecular flexibility index (Phi) is 4.20. The maximum Gasteiger partial charge on any atom is 0.230 e. The average Bonchev–Trinajstić information content (AvgIpc) is 3.08. The van der Waals surface area contributed by atoms with Crippen molar-refractivity contribution in [2.75, 3.05) is 0 Å². The lowest BCUT2D eigenvalue weighted by molar-refractivity contribution is -0.124. The number of carbonyl (C=O) groups excluding carboxylic acids is 1. The first-order valence-electron chi connectivity index (χ1n) is 6.65. The summed E-state index contributed by atoms with van der Waals surface area (Å²) >= 11 is 4.98. The lowest BCUT2D eigenvalue weighted by atomic mass is 9.95. The molecule has 1 aromatic rings. The summed E-state index contributed by atoms with van der Waals surface area (Å²) in [6.45, 7) is 3.93. The molecule has 0 spiro atoms. The van der Waals surface area contributed by atoms with Crippen LogP contribution in [0.4, 0.5) is 0 Å². The van der Waals surface area contributed by atoms with Gasteiger partial charge in [-0.05, 0) is 17.9 Å². The number of hydrogen-bond donors (Lipinski definition) is 2. The summed E-state index contributed by atoms with van der Waals surface area (Å²) in [4.78, 5) is 12.5. The maximum atomic E-state index is 12.2. The predicted molar refractivity (Wildman–Crippen MR) is 80.8 cm³/mol. The minimum absolute atomic E-state index is 0.0362. The first-order chi connectivity index (χ1) is 9.00. The molecular formula is C15H20N2OS. The zero-order valence-electron chi connectivity index (χ0n) is 11.3. The number of amides is 1. The van der Waals surface area contributed by atoms with E-state index in [4.69, 9.17) is 18.0 Å². The summed E-state index contributed by atoms with van der Waals surface area (Å²) in [5.74, 6) is 0.161. The van der Waals surface area contributed by atoms with Crippen LogP contribution in [0.15, 0.2) is 30.3 Å². The number of benzene rings is 1. The lowest BCUT2D eigenvalue weighted by Gasteiger charge is -2.18. The predicted octanol–water partition coefficient (Wildman–Crippen LogP) is 2.22.